The highest BCUT2D eigenvalue weighted by molar-refractivity contribution is 7.90. The number of rotatable bonds is 5. The molecule has 0 heterocycles. The van der Waals surface area contributed by atoms with Gasteiger partial charge >= 0.3 is 0 Å². The Balaban J connectivity index is 2.71. The summed E-state index contributed by atoms with van der Waals surface area (Å²) in [6.07, 6.45) is 1.22. The summed E-state index contributed by atoms with van der Waals surface area (Å²) in [6, 6.07) is 6.90. The molecule has 0 aliphatic rings. The molecule has 0 amide bonds. The van der Waals surface area contributed by atoms with Crippen molar-refractivity contribution < 1.29 is 8.42 Å². The van der Waals surface area contributed by atoms with Gasteiger partial charge < -0.3 is 5.32 Å². The predicted molar refractivity (Wildman–Crippen MR) is 76.7 cm³/mol. The Morgan fingerprint density at radius 3 is 2.06 bits per heavy atom. The fourth-order valence-electron chi connectivity index (χ4n) is 1.35. The number of nitrogens with one attached hydrogen (secondary N) is 1. The Kier molecular flexibility index (Phi) is 4.43. The zero-order chi connectivity index (χ0) is 14.0. The molecule has 0 aromatic heterocycles. The Morgan fingerprint density at radius 1 is 1.17 bits per heavy atom. The highest BCUT2D eigenvalue weighted by atomic mass is 32.2. The van der Waals surface area contributed by atoms with Gasteiger partial charge in [-0.1, -0.05) is 27.7 Å². The van der Waals surface area contributed by atoms with E-state index in [4.69, 9.17) is 0 Å². The number of anilines is 1. The van der Waals surface area contributed by atoms with Crippen LogP contribution >= 0.6 is 0 Å². The van der Waals surface area contributed by atoms with Gasteiger partial charge in [0.15, 0.2) is 9.84 Å². The summed E-state index contributed by atoms with van der Waals surface area (Å²) in [7, 11) is -3.10. The molecule has 0 saturated carbocycles. The second-order valence-corrected chi connectivity index (χ2v) is 7.81. The van der Waals surface area contributed by atoms with Crippen LogP contribution in [0.2, 0.25) is 0 Å². The summed E-state index contributed by atoms with van der Waals surface area (Å²) in [5.41, 5.74) is 1.16. The van der Waals surface area contributed by atoms with E-state index in [2.05, 4.69) is 33.0 Å². The number of hydrogen-bond donors (Lipinski definition) is 1. The van der Waals surface area contributed by atoms with Crippen LogP contribution in [0.15, 0.2) is 29.2 Å². The van der Waals surface area contributed by atoms with E-state index in [-0.39, 0.29) is 5.41 Å². The average molecular weight is 269 g/mol. The Bertz CT molecular complexity index is 487. The third-order valence-corrected chi connectivity index (χ3v) is 4.72. The van der Waals surface area contributed by atoms with Crippen molar-refractivity contribution in [1.29, 1.82) is 0 Å². The Labute approximate surface area is 111 Å². The molecule has 0 radical (unpaired) electrons. The van der Waals surface area contributed by atoms with Crippen molar-refractivity contribution in [3.63, 3.8) is 0 Å². The van der Waals surface area contributed by atoms with Gasteiger partial charge in [0.25, 0.3) is 0 Å². The van der Waals surface area contributed by atoms with Gasteiger partial charge in [-0.15, -0.1) is 0 Å². The van der Waals surface area contributed by atoms with Crippen LogP contribution in [-0.4, -0.2) is 21.2 Å². The summed E-state index contributed by atoms with van der Waals surface area (Å²) in [5.74, 6) is 0.584. The molecule has 1 aromatic rings. The number of hydrogen-bond acceptors (Lipinski definition) is 3. The third kappa shape index (κ3) is 4.02. The van der Waals surface area contributed by atoms with E-state index >= 15 is 0 Å². The number of benzene rings is 1. The van der Waals surface area contributed by atoms with E-state index in [0.717, 1.165) is 12.2 Å². The van der Waals surface area contributed by atoms with Gasteiger partial charge in [0.1, 0.15) is 0 Å². The van der Waals surface area contributed by atoms with Crippen LogP contribution in [0, 0.1) is 11.3 Å². The molecular formula is C14H23NO2S. The molecular weight excluding hydrogens is 246 g/mol. The van der Waals surface area contributed by atoms with Gasteiger partial charge in [-0.05, 0) is 35.6 Å². The van der Waals surface area contributed by atoms with Gasteiger partial charge in [-0.25, -0.2) is 8.42 Å². The van der Waals surface area contributed by atoms with E-state index in [1.807, 2.05) is 12.1 Å². The molecule has 0 aliphatic heterocycles. The fraction of sp³-hybridized carbons (Fsp3) is 0.571. The lowest BCUT2D eigenvalue weighted by Crippen LogP contribution is -2.28. The first-order chi connectivity index (χ1) is 8.13. The zero-order valence-corrected chi connectivity index (χ0v) is 12.6. The second kappa shape index (κ2) is 5.31. The highest BCUT2D eigenvalue weighted by Crippen LogP contribution is 2.26. The van der Waals surface area contributed by atoms with Crippen LogP contribution in [0.3, 0.4) is 0 Å². The number of sulfone groups is 1. The molecule has 0 bridgehead atoms. The van der Waals surface area contributed by atoms with E-state index < -0.39 is 9.84 Å². The average Bonchev–Trinajstić information content (AvgIpc) is 2.25. The molecule has 0 spiro atoms. The summed E-state index contributed by atoms with van der Waals surface area (Å²) in [5, 5.41) is 3.35. The lowest BCUT2D eigenvalue weighted by molar-refractivity contribution is 0.269. The van der Waals surface area contributed by atoms with Crippen molar-refractivity contribution in [3.05, 3.63) is 24.3 Å². The second-order valence-electron chi connectivity index (χ2n) is 5.79. The highest BCUT2D eigenvalue weighted by Gasteiger charge is 2.21. The quantitative estimate of drug-likeness (QED) is 0.893. The van der Waals surface area contributed by atoms with Crippen LogP contribution in [-0.2, 0) is 9.84 Å². The Hall–Kier alpha value is -1.03. The van der Waals surface area contributed by atoms with Crippen LogP contribution in [0.1, 0.15) is 27.7 Å². The standard InChI is InChI=1S/C14H23NO2S/c1-11(2)14(3,4)10-15-12-6-8-13(9-7-12)18(5,16)17/h6-9,11,15H,10H2,1-5H3. The maximum absolute atomic E-state index is 11.3. The summed E-state index contributed by atoms with van der Waals surface area (Å²) >= 11 is 0. The fourth-order valence-corrected chi connectivity index (χ4v) is 1.98. The first kappa shape index (κ1) is 15.0. The van der Waals surface area contributed by atoms with Crippen molar-refractivity contribution in [1.82, 2.24) is 0 Å². The molecule has 0 saturated heterocycles. The summed E-state index contributed by atoms with van der Waals surface area (Å²) < 4.78 is 22.7. The molecule has 0 unspecified atom stereocenters. The third-order valence-electron chi connectivity index (χ3n) is 3.59. The van der Waals surface area contributed by atoms with Crippen LogP contribution < -0.4 is 5.32 Å². The first-order valence-electron chi connectivity index (χ1n) is 6.17. The van der Waals surface area contributed by atoms with Crippen molar-refractivity contribution in [2.75, 3.05) is 18.1 Å². The molecule has 0 fully saturated rings. The van der Waals surface area contributed by atoms with Crippen molar-refractivity contribution >= 4 is 15.5 Å². The molecule has 1 aromatic carbocycles. The van der Waals surface area contributed by atoms with Gasteiger partial charge in [-0.3, -0.25) is 0 Å². The Morgan fingerprint density at radius 2 is 1.67 bits per heavy atom. The van der Waals surface area contributed by atoms with Crippen molar-refractivity contribution in [2.24, 2.45) is 11.3 Å². The minimum absolute atomic E-state index is 0.204. The zero-order valence-electron chi connectivity index (χ0n) is 11.8. The van der Waals surface area contributed by atoms with E-state index in [1.165, 1.54) is 6.26 Å². The largest absolute Gasteiger partial charge is 0.384 e. The summed E-state index contributed by atoms with van der Waals surface area (Å²) in [6.45, 7) is 9.71. The molecule has 3 nitrogen and oxygen atoms in total. The van der Waals surface area contributed by atoms with Crippen LogP contribution in [0.4, 0.5) is 5.69 Å². The summed E-state index contributed by atoms with van der Waals surface area (Å²) in [4.78, 5) is 0.358. The van der Waals surface area contributed by atoms with Crippen molar-refractivity contribution in [2.45, 2.75) is 32.6 Å². The lowest BCUT2D eigenvalue weighted by atomic mass is 9.81. The molecule has 4 heteroatoms. The first-order valence-corrected chi connectivity index (χ1v) is 8.06. The molecule has 18 heavy (non-hydrogen) atoms. The van der Waals surface area contributed by atoms with Crippen LogP contribution in [0.25, 0.3) is 0 Å². The molecule has 102 valence electrons. The smallest absolute Gasteiger partial charge is 0.175 e. The normalized spacial score (nSPS) is 12.8. The predicted octanol–water partition coefficient (Wildman–Crippen LogP) is 3.18. The van der Waals surface area contributed by atoms with Gasteiger partial charge in [-0.2, -0.15) is 0 Å². The SMILES string of the molecule is CC(C)C(C)(C)CNc1ccc(S(C)(=O)=O)cc1. The van der Waals surface area contributed by atoms with Crippen molar-refractivity contribution in [3.8, 4) is 0 Å². The minimum atomic E-state index is -3.10. The van der Waals surface area contributed by atoms with E-state index in [9.17, 15) is 8.42 Å². The molecule has 0 aliphatic carbocycles. The molecule has 1 N–H and O–H groups in total. The van der Waals surface area contributed by atoms with Gasteiger partial charge in [0, 0.05) is 18.5 Å². The van der Waals surface area contributed by atoms with E-state index in [0.29, 0.717) is 10.8 Å². The topological polar surface area (TPSA) is 46.2 Å². The van der Waals surface area contributed by atoms with Crippen LogP contribution in [0.5, 0.6) is 0 Å². The monoisotopic (exact) mass is 269 g/mol. The maximum atomic E-state index is 11.3. The molecule has 0 atom stereocenters. The lowest BCUT2D eigenvalue weighted by Gasteiger charge is -2.29. The van der Waals surface area contributed by atoms with E-state index in [1.54, 1.807) is 12.1 Å². The van der Waals surface area contributed by atoms with Gasteiger partial charge in [0.05, 0.1) is 4.90 Å². The molecule has 1 rings (SSSR count). The van der Waals surface area contributed by atoms with Gasteiger partial charge in [0.2, 0.25) is 0 Å². The minimum Gasteiger partial charge on any atom is -0.384 e. The maximum Gasteiger partial charge on any atom is 0.175 e.